The van der Waals surface area contributed by atoms with Gasteiger partial charge in [-0.1, -0.05) is 48.5 Å². The highest BCUT2D eigenvalue weighted by Gasteiger charge is 2.39. The lowest BCUT2D eigenvalue weighted by Gasteiger charge is -2.09. The first kappa shape index (κ1) is 17.6. The molecule has 1 unspecified atom stereocenters. The summed E-state index contributed by atoms with van der Waals surface area (Å²) in [6.07, 6.45) is 0. The highest BCUT2D eigenvalue weighted by Crippen LogP contribution is 2.37. The van der Waals surface area contributed by atoms with Gasteiger partial charge in [-0.15, -0.1) is 0 Å². The molecule has 0 amide bonds. The van der Waals surface area contributed by atoms with Gasteiger partial charge in [-0.25, -0.2) is 4.39 Å². The summed E-state index contributed by atoms with van der Waals surface area (Å²) in [5.74, 6) is -1.82. The van der Waals surface area contributed by atoms with E-state index < -0.39 is 11.7 Å². The topological polar surface area (TPSA) is 43.4 Å². The summed E-state index contributed by atoms with van der Waals surface area (Å²) in [6, 6.07) is 18.4. The van der Waals surface area contributed by atoms with Crippen LogP contribution in [0.4, 0.5) is 4.39 Å². The number of ketones is 2. The molecule has 1 atom stereocenters. The van der Waals surface area contributed by atoms with E-state index in [1.165, 1.54) is 24.3 Å². The normalized spacial score (nSPS) is 15.9. The summed E-state index contributed by atoms with van der Waals surface area (Å²) in [5.41, 5.74) is 3.98. The first-order chi connectivity index (χ1) is 13.1. The van der Waals surface area contributed by atoms with Gasteiger partial charge in [0.15, 0.2) is 11.6 Å². The molecule has 3 aromatic rings. The predicted octanol–water partition coefficient (Wildman–Crippen LogP) is 5.02. The summed E-state index contributed by atoms with van der Waals surface area (Å²) >= 11 is 3.82. The monoisotopic (exact) mass is 378 g/mol. The van der Waals surface area contributed by atoms with E-state index in [1.807, 2.05) is 30.3 Å². The molecule has 1 aliphatic carbocycles. The molecule has 27 heavy (non-hydrogen) atoms. The molecule has 0 radical (unpaired) electrons. The number of rotatable bonds is 4. The lowest BCUT2D eigenvalue weighted by molar-refractivity contribution is 0.0890. The zero-order valence-electron chi connectivity index (χ0n) is 14.2. The Hall–Kier alpha value is -2.76. The fourth-order valence-electron chi connectivity index (χ4n) is 3.52. The second-order valence-electron chi connectivity index (χ2n) is 6.40. The summed E-state index contributed by atoms with van der Waals surface area (Å²) in [6.45, 7) is 0.321. The van der Waals surface area contributed by atoms with Gasteiger partial charge in [-0.3, -0.25) is 9.59 Å². The Bertz CT molecular complexity index is 1040. The molecule has 134 valence electrons. The summed E-state index contributed by atoms with van der Waals surface area (Å²) in [4.78, 5) is 25.7. The van der Waals surface area contributed by atoms with Crippen LogP contribution in [0.15, 0.2) is 66.7 Å². The third-order valence-electron chi connectivity index (χ3n) is 4.83. The summed E-state index contributed by atoms with van der Waals surface area (Å²) in [5, 5.41) is 0. The average Bonchev–Trinajstić information content (AvgIpc) is 2.93. The maximum absolute atomic E-state index is 13.2. The van der Waals surface area contributed by atoms with Crippen LogP contribution in [-0.2, 0) is 10.8 Å². The Kier molecular flexibility index (Phi) is 4.64. The van der Waals surface area contributed by atoms with Crippen LogP contribution in [0.2, 0.25) is 0 Å². The molecule has 5 heteroatoms. The number of halogens is 1. The molecule has 0 spiro atoms. The maximum Gasteiger partial charge on any atom is 0.178 e. The number of benzene rings is 3. The number of carbonyl (C=O) groups is 2. The zero-order chi connectivity index (χ0) is 19.0. The largest absolute Gasteiger partial charge is 0.314 e. The van der Waals surface area contributed by atoms with Crippen LogP contribution in [0.25, 0.3) is 11.1 Å². The van der Waals surface area contributed by atoms with Crippen molar-refractivity contribution in [1.29, 1.82) is 0 Å². The van der Waals surface area contributed by atoms with Crippen molar-refractivity contribution < 1.29 is 18.2 Å². The van der Waals surface area contributed by atoms with Crippen molar-refractivity contribution in [3.05, 3.63) is 94.8 Å². The predicted molar refractivity (Wildman–Crippen MR) is 103 cm³/mol. The van der Waals surface area contributed by atoms with Crippen molar-refractivity contribution in [2.24, 2.45) is 0 Å². The Morgan fingerprint density at radius 3 is 2.30 bits per heavy atom. The van der Waals surface area contributed by atoms with Crippen molar-refractivity contribution in [2.45, 2.75) is 12.5 Å². The highest BCUT2D eigenvalue weighted by atomic mass is 32.1. The average molecular weight is 378 g/mol. The van der Waals surface area contributed by atoms with Crippen molar-refractivity contribution in [3.8, 4) is 11.1 Å². The van der Waals surface area contributed by atoms with Gasteiger partial charge in [-0.05, 0) is 53.4 Å². The molecular weight excluding hydrogens is 363 g/mol. The minimum Gasteiger partial charge on any atom is -0.314 e. The second kappa shape index (κ2) is 7.10. The maximum atomic E-state index is 13.2. The molecule has 3 aromatic carbocycles. The SMILES string of the molecule is O=C1c2ccc(-c3ccccc3COS)cc2C(=O)C1c1ccc(F)cc1. The fraction of sp³-hybridized carbons (Fsp3) is 0.0909. The van der Waals surface area contributed by atoms with Crippen molar-refractivity contribution in [1.82, 2.24) is 0 Å². The van der Waals surface area contributed by atoms with Crippen LogP contribution < -0.4 is 0 Å². The standard InChI is InChI=1S/C22H15FO3S/c23-16-8-5-13(6-9-16)20-21(24)18-10-7-14(11-19(18)22(20)25)17-4-2-1-3-15(17)12-26-27/h1-11,20,27H,12H2. The van der Waals surface area contributed by atoms with Gasteiger partial charge in [0.05, 0.1) is 6.61 Å². The van der Waals surface area contributed by atoms with E-state index in [0.717, 1.165) is 16.7 Å². The number of hydrogen-bond acceptors (Lipinski definition) is 4. The Morgan fingerprint density at radius 1 is 0.852 bits per heavy atom. The molecule has 4 rings (SSSR count). The number of hydrogen-bond donors (Lipinski definition) is 1. The highest BCUT2D eigenvalue weighted by molar-refractivity contribution is 7.75. The minimum absolute atomic E-state index is 0.250. The molecule has 0 saturated heterocycles. The molecule has 0 bridgehead atoms. The van der Waals surface area contributed by atoms with Crippen LogP contribution in [0.5, 0.6) is 0 Å². The molecule has 0 aliphatic heterocycles. The van der Waals surface area contributed by atoms with Gasteiger partial charge < -0.3 is 4.18 Å². The van der Waals surface area contributed by atoms with E-state index in [2.05, 4.69) is 12.9 Å². The molecule has 0 fully saturated rings. The molecule has 1 aliphatic rings. The lowest BCUT2D eigenvalue weighted by atomic mass is 9.94. The van der Waals surface area contributed by atoms with Crippen molar-refractivity contribution >= 4 is 24.5 Å². The van der Waals surface area contributed by atoms with Gasteiger partial charge in [-0.2, -0.15) is 0 Å². The van der Waals surface area contributed by atoms with E-state index in [-0.39, 0.29) is 11.6 Å². The third-order valence-corrected chi connectivity index (χ3v) is 4.96. The molecule has 0 aromatic heterocycles. The van der Waals surface area contributed by atoms with Gasteiger partial charge in [0, 0.05) is 11.1 Å². The molecule has 0 heterocycles. The van der Waals surface area contributed by atoms with Crippen LogP contribution in [0.1, 0.15) is 37.8 Å². The van der Waals surface area contributed by atoms with Crippen LogP contribution in [0.3, 0.4) is 0 Å². The smallest absolute Gasteiger partial charge is 0.178 e. The van der Waals surface area contributed by atoms with Gasteiger partial charge >= 0.3 is 0 Å². The van der Waals surface area contributed by atoms with Gasteiger partial charge in [0.1, 0.15) is 11.7 Å². The van der Waals surface area contributed by atoms with E-state index >= 15 is 0 Å². The van der Waals surface area contributed by atoms with E-state index in [4.69, 9.17) is 4.18 Å². The number of thiol groups is 1. The van der Waals surface area contributed by atoms with Crippen LogP contribution >= 0.6 is 12.9 Å². The van der Waals surface area contributed by atoms with Crippen LogP contribution in [0, 0.1) is 5.82 Å². The zero-order valence-corrected chi connectivity index (χ0v) is 15.1. The van der Waals surface area contributed by atoms with E-state index in [9.17, 15) is 14.0 Å². The first-order valence-corrected chi connectivity index (χ1v) is 8.79. The Labute approximate surface area is 161 Å². The number of carbonyl (C=O) groups excluding carboxylic acids is 2. The van der Waals surface area contributed by atoms with Crippen LogP contribution in [-0.4, -0.2) is 11.6 Å². The number of Topliss-reactive ketones (excluding diaryl/α,β-unsaturated/α-hetero) is 2. The fourth-order valence-corrected chi connectivity index (χ4v) is 3.65. The molecule has 3 nitrogen and oxygen atoms in total. The van der Waals surface area contributed by atoms with E-state index in [0.29, 0.717) is 23.3 Å². The van der Waals surface area contributed by atoms with Crippen molar-refractivity contribution in [2.75, 3.05) is 0 Å². The molecule has 0 saturated carbocycles. The number of fused-ring (bicyclic) bond motifs is 1. The summed E-state index contributed by atoms with van der Waals surface area (Å²) in [7, 11) is 0. The van der Waals surface area contributed by atoms with E-state index in [1.54, 1.807) is 12.1 Å². The Morgan fingerprint density at radius 2 is 1.56 bits per heavy atom. The third kappa shape index (κ3) is 3.09. The van der Waals surface area contributed by atoms with Crippen molar-refractivity contribution in [3.63, 3.8) is 0 Å². The minimum atomic E-state index is -0.910. The van der Waals surface area contributed by atoms with Gasteiger partial charge in [0.25, 0.3) is 0 Å². The molecule has 0 N–H and O–H groups in total. The quantitative estimate of drug-likeness (QED) is 0.394. The first-order valence-electron chi connectivity index (χ1n) is 8.42. The second-order valence-corrected chi connectivity index (χ2v) is 6.66. The Balaban J connectivity index is 1.76. The molecular formula is C22H15FO3S. The summed E-state index contributed by atoms with van der Waals surface area (Å²) < 4.78 is 18.1. The lowest BCUT2D eigenvalue weighted by Crippen LogP contribution is -2.12. The van der Waals surface area contributed by atoms with Gasteiger partial charge in [0.2, 0.25) is 0 Å².